The predicted molar refractivity (Wildman–Crippen MR) is 89.0 cm³/mol. The van der Waals surface area contributed by atoms with Crippen molar-refractivity contribution >= 4 is 5.69 Å². The predicted octanol–water partition coefficient (Wildman–Crippen LogP) is 4.67. The van der Waals surface area contributed by atoms with Crippen LogP contribution in [-0.4, -0.2) is 18.1 Å². The van der Waals surface area contributed by atoms with Crippen molar-refractivity contribution in [2.75, 3.05) is 12.4 Å². The summed E-state index contributed by atoms with van der Waals surface area (Å²) in [5.74, 6) is 1.76. The molecule has 1 aliphatic carbocycles. The van der Waals surface area contributed by atoms with E-state index in [9.17, 15) is 0 Å². The maximum Gasteiger partial charge on any atom is 0.163 e. The second kappa shape index (κ2) is 6.67. The summed E-state index contributed by atoms with van der Waals surface area (Å²) in [7, 11) is 1.73. The highest BCUT2D eigenvalue weighted by atomic mass is 16.5. The summed E-state index contributed by atoms with van der Waals surface area (Å²) >= 11 is 0. The molecule has 1 aromatic heterocycles. The summed E-state index contributed by atoms with van der Waals surface area (Å²) in [6, 6.07) is 2.60. The molecule has 118 valence electrons. The Kier molecular flexibility index (Phi) is 5.13. The second-order valence-electron chi connectivity index (χ2n) is 7.25. The molecule has 0 atom stereocenters. The quantitative estimate of drug-likeness (QED) is 0.875. The van der Waals surface area contributed by atoms with Gasteiger partial charge in [-0.3, -0.25) is 4.98 Å². The number of anilines is 1. The average Bonchev–Trinajstić information content (AvgIpc) is 2.46. The van der Waals surface area contributed by atoms with Gasteiger partial charge in [-0.2, -0.15) is 0 Å². The van der Waals surface area contributed by atoms with Crippen LogP contribution in [0.15, 0.2) is 12.3 Å². The third kappa shape index (κ3) is 3.90. The van der Waals surface area contributed by atoms with Crippen molar-refractivity contribution in [1.29, 1.82) is 0 Å². The van der Waals surface area contributed by atoms with E-state index in [1.54, 1.807) is 7.11 Å². The first kappa shape index (κ1) is 16.1. The first-order chi connectivity index (χ1) is 9.95. The lowest BCUT2D eigenvalue weighted by atomic mass is 9.71. The van der Waals surface area contributed by atoms with Crippen molar-refractivity contribution < 1.29 is 4.74 Å². The fraction of sp³-hybridized carbons (Fsp3) is 0.722. The van der Waals surface area contributed by atoms with Crippen LogP contribution in [0.2, 0.25) is 0 Å². The Bertz CT molecular complexity index is 457. The summed E-state index contributed by atoms with van der Waals surface area (Å²) in [4.78, 5) is 4.40. The third-order valence-corrected chi connectivity index (χ3v) is 4.83. The van der Waals surface area contributed by atoms with Gasteiger partial charge in [-0.25, -0.2) is 0 Å². The summed E-state index contributed by atoms with van der Waals surface area (Å²) in [5.41, 5.74) is 2.57. The van der Waals surface area contributed by atoms with Gasteiger partial charge in [-0.1, -0.05) is 27.7 Å². The van der Waals surface area contributed by atoms with Crippen molar-refractivity contribution in [2.45, 2.75) is 65.8 Å². The van der Waals surface area contributed by atoms with Crippen LogP contribution in [-0.2, 0) is 6.42 Å². The maximum absolute atomic E-state index is 5.56. The Balaban J connectivity index is 2.01. The maximum atomic E-state index is 5.56. The number of hydrogen-bond acceptors (Lipinski definition) is 3. The first-order valence-electron chi connectivity index (χ1n) is 8.24. The first-order valence-corrected chi connectivity index (χ1v) is 8.24. The highest BCUT2D eigenvalue weighted by molar-refractivity contribution is 5.58. The molecule has 0 amide bonds. The number of ether oxygens (including phenoxy) is 1. The Morgan fingerprint density at radius 2 is 1.90 bits per heavy atom. The molecular weight excluding hydrogens is 260 g/mol. The summed E-state index contributed by atoms with van der Waals surface area (Å²) in [5, 5.41) is 3.68. The van der Waals surface area contributed by atoms with Crippen molar-refractivity contribution in [1.82, 2.24) is 4.98 Å². The second-order valence-corrected chi connectivity index (χ2v) is 7.25. The van der Waals surface area contributed by atoms with E-state index in [4.69, 9.17) is 4.74 Å². The largest absolute Gasteiger partial charge is 0.493 e. The van der Waals surface area contributed by atoms with Crippen LogP contribution in [0.4, 0.5) is 5.69 Å². The summed E-state index contributed by atoms with van der Waals surface area (Å²) in [6.07, 6.45) is 7.90. The van der Waals surface area contributed by atoms with Crippen molar-refractivity contribution in [3.63, 3.8) is 0 Å². The van der Waals surface area contributed by atoms with Gasteiger partial charge in [0.1, 0.15) is 0 Å². The molecule has 1 fully saturated rings. The van der Waals surface area contributed by atoms with Crippen molar-refractivity contribution in [3.8, 4) is 5.75 Å². The van der Waals surface area contributed by atoms with Crippen LogP contribution in [0.25, 0.3) is 0 Å². The van der Waals surface area contributed by atoms with Gasteiger partial charge >= 0.3 is 0 Å². The molecule has 1 N–H and O–H groups in total. The van der Waals surface area contributed by atoms with E-state index in [2.05, 4.69) is 38.0 Å². The fourth-order valence-corrected chi connectivity index (χ4v) is 3.41. The van der Waals surface area contributed by atoms with Gasteiger partial charge in [-0.15, -0.1) is 0 Å². The van der Waals surface area contributed by atoms with Gasteiger partial charge < -0.3 is 10.1 Å². The van der Waals surface area contributed by atoms with E-state index in [1.807, 2.05) is 12.3 Å². The van der Waals surface area contributed by atoms with Crippen molar-refractivity contribution in [3.05, 3.63) is 18.0 Å². The normalized spacial score (nSPS) is 22.9. The minimum atomic E-state index is 0.439. The molecule has 1 aliphatic rings. The molecule has 1 saturated carbocycles. The van der Waals surface area contributed by atoms with Crippen LogP contribution < -0.4 is 10.1 Å². The Morgan fingerprint density at radius 3 is 2.43 bits per heavy atom. The van der Waals surface area contributed by atoms with Crippen LogP contribution >= 0.6 is 0 Å². The van der Waals surface area contributed by atoms with Gasteiger partial charge in [0.15, 0.2) is 5.75 Å². The molecule has 1 heterocycles. The molecule has 0 spiro atoms. The zero-order chi connectivity index (χ0) is 15.5. The van der Waals surface area contributed by atoms with Crippen LogP contribution in [0.3, 0.4) is 0 Å². The van der Waals surface area contributed by atoms with Gasteiger partial charge in [0.2, 0.25) is 0 Å². The van der Waals surface area contributed by atoms with Crippen LogP contribution in [0, 0.1) is 11.3 Å². The smallest absolute Gasteiger partial charge is 0.163 e. The summed E-state index contributed by atoms with van der Waals surface area (Å²) in [6.45, 7) is 9.21. The molecule has 3 nitrogen and oxygen atoms in total. The molecule has 3 heteroatoms. The van der Waals surface area contributed by atoms with E-state index in [0.29, 0.717) is 11.5 Å². The number of aryl methyl sites for hydroxylation is 1. The SMILES string of the molecule is CCc1nccc(NC2CCC(C(C)(C)C)CC2)c1OC. The molecule has 0 aliphatic heterocycles. The zero-order valence-corrected chi connectivity index (χ0v) is 14.2. The molecule has 0 radical (unpaired) electrons. The topological polar surface area (TPSA) is 34.2 Å². The number of methoxy groups -OCH3 is 1. The third-order valence-electron chi connectivity index (χ3n) is 4.83. The number of nitrogens with zero attached hydrogens (tertiary/aromatic N) is 1. The summed E-state index contributed by atoms with van der Waals surface area (Å²) < 4.78 is 5.56. The number of pyridine rings is 1. The fourth-order valence-electron chi connectivity index (χ4n) is 3.41. The lowest BCUT2D eigenvalue weighted by Crippen LogP contribution is -2.31. The Labute approximate surface area is 129 Å². The minimum absolute atomic E-state index is 0.439. The van der Waals surface area contributed by atoms with Gasteiger partial charge in [0, 0.05) is 12.2 Å². The number of nitrogens with one attached hydrogen (secondary N) is 1. The van der Waals surface area contributed by atoms with E-state index in [0.717, 1.165) is 29.5 Å². The average molecular weight is 290 g/mol. The van der Waals surface area contributed by atoms with Gasteiger partial charge in [-0.05, 0) is 49.5 Å². The Morgan fingerprint density at radius 1 is 1.24 bits per heavy atom. The highest BCUT2D eigenvalue weighted by Gasteiger charge is 2.29. The number of hydrogen-bond donors (Lipinski definition) is 1. The minimum Gasteiger partial charge on any atom is -0.493 e. The number of aromatic nitrogens is 1. The number of rotatable bonds is 4. The standard InChI is InChI=1S/C18H30N2O/c1-6-15-17(21-5)16(11-12-19-15)20-14-9-7-13(8-10-14)18(2,3)4/h11-14H,6-10H2,1-5H3,(H,19,20). The molecule has 0 unspecified atom stereocenters. The molecular formula is C18H30N2O. The molecule has 21 heavy (non-hydrogen) atoms. The lowest BCUT2D eigenvalue weighted by molar-refractivity contribution is 0.173. The molecule has 2 rings (SSSR count). The van der Waals surface area contributed by atoms with Gasteiger partial charge in [0.25, 0.3) is 0 Å². The van der Waals surface area contributed by atoms with E-state index < -0.39 is 0 Å². The Hall–Kier alpha value is -1.25. The van der Waals surface area contributed by atoms with Crippen LogP contribution in [0.1, 0.15) is 59.1 Å². The van der Waals surface area contributed by atoms with E-state index in [-0.39, 0.29) is 0 Å². The highest BCUT2D eigenvalue weighted by Crippen LogP contribution is 2.39. The van der Waals surface area contributed by atoms with E-state index in [1.165, 1.54) is 25.7 Å². The van der Waals surface area contributed by atoms with Crippen LogP contribution in [0.5, 0.6) is 5.75 Å². The van der Waals surface area contributed by atoms with Gasteiger partial charge in [0.05, 0.1) is 18.5 Å². The molecule has 0 bridgehead atoms. The molecule has 0 aromatic carbocycles. The van der Waals surface area contributed by atoms with Crippen molar-refractivity contribution in [2.24, 2.45) is 11.3 Å². The van der Waals surface area contributed by atoms with E-state index >= 15 is 0 Å². The molecule has 1 aromatic rings. The zero-order valence-electron chi connectivity index (χ0n) is 14.2. The molecule has 0 saturated heterocycles. The monoisotopic (exact) mass is 290 g/mol. The lowest BCUT2D eigenvalue weighted by Gasteiger charge is -2.37.